The summed E-state index contributed by atoms with van der Waals surface area (Å²) in [5.74, 6) is -0.294. The number of aromatic nitrogens is 2. The molecule has 0 spiro atoms. The number of nitrogens with zero attached hydrogens (tertiary/aromatic N) is 2. The Morgan fingerprint density at radius 1 is 1.33 bits per heavy atom. The van der Waals surface area contributed by atoms with Crippen LogP contribution in [0.4, 0.5) is 19.0 Å². The van der Waals surface area contributed by atoms with E-state index in [1.54, 1.807) is 18.2 Å². The van der Waals surface area contributed by atoms with Gasteiger partial charge in [0.05, 0.1) is 20.3 Å². The van der Waals surface area contributed by atoms with E-state index in [0.29, 0.717) is 21.7 Å². The first-order valence-corrected chi connectivity index (χ1v) is 8.18. The maximum Gasteiger partial charge on any atom is 0.410 e. The molecule has 0 radical (unpaired) electrons. The lowest BCUT2D eigenvalue weighted by Gasteiger charge is -2.33. The van der Waals surface area contributed by atoms with Gasteiger partial charge in [0.15, 0.2) is 23.2 Å². The standard InChI is InChI=1S/C16H16ClF3N4O3/c1-26-9-4-3-7(5-10(9)27-2)8-6-11(16(18,19)20)24-15(22-8)12(17)13(23-24)14(21)25/h3-5,8,11,22H,6H2,1-2H3,(H2,21,25)/t8-,11+/m1/s1. The highest BCUT2D eigenvalue weighted by Crippen LogP contribution is 2.46. The molecule has 0 bridgehead atoms. The zero-order chi connectivity index (χ0) is 19.9. The number of halogens is 4. The molecular formula is C16H16ClF3N4O3. The van der Waals surface area contributed by atoms with Crippen LogP contribution in [0.15, 0.2) is 18.2 Å². The fourth-order valence-corrected chi connectivity index (χ4v) is 3.31. The maximum absolute atomic E-state index is 13.6. The quantitative estimate of drug-likeness (QED) is 0.815. The Hall–Kier alpha value is -2.62. The first kappa shape index (κ1) is 19.2. The first-order chi connectivity index (χ1) is 12.7. The predicted molar refractivity (Wildman–Crippen MR) is 91.4 cm³/mol. The molecule has 0 saturated heterocycles. The molecule has 1 aromatic carbocycles. The smallest absolute Gasteiger partial charge is 0.410 e. The van der Waals surface area contributed by atoms with Crippen LogP contribution in [0, 0.1) is 0 Å². The van der Waals surface area contributed by atoms with Crippen molar-refractivity contribution in [2.24, 2.45) is 5.73 Å². The summed E-state index contributed by atoms with van der Waals surface area (Å²) < 4.78 is 51.9. The van der Waals surface area contributed by atoms with Crippen LogP contribution < -0.4 is 20.5 Å². The third-order valence-electron chi connectivity index (χ3n) is 4.34. The number of primary amides is 1. The summed E-state index contributed by atoms with van der Waals surface area (Å²) >= 11 is 6.05. The summed E-state index contributed by atoms with van der Waals surface area (Å²) in [6.07, 6.45) is -4.96. The number of benzene rings is 1. The Morgan fingerprint density at radius 3 is 2.56 bits per heavy atom. The predicted octanol–water partition coefficient (Wildman–Crippen LogP) is 3.31. The number of methoxy groups -OCH3 is 2. The lowest BCUT2D eigenvalue weighted by atomic mass is 9.96. The van der Waals surface area contributed by atoms with Crippen LogP contribution in [0.3, 0.4) is 0 Å². The molecule has 0 aliphatic carbocycles. The summed E-state index contributed by atoms with van der Waals surface area (Å²) in [5, 5.41) is 6.33. The topological polar surface area (TPSA) is 91.4 Å². The second kappa shape index (κ2) is 6.84. The highest BCUT2D eigenvalue weighted by atomic mass is 35.5. The van der Waals surface area contributed by atoms with E-state index < -0.39 is 29.9 Å². The van der Waals surface area contributed by atoms with E-state index in [-0.39, 0.29) is 17.3 Å². The minimum Gasteiger partial charge on any atom is -0.493 e. The van der Waals surface area contributed by atoms with Gasteiger partial charge in [0.1, 0.15) is 10.8 Å². The largest absolute Gasteiger partial charge is 0.493 e. The number of nitrogens with one attached hydrogen (secondary N) is 1. The van der Waals surface area contributed by atoms with Gasteiger partial charge in [-0.25, -0.2) is 4.68 Å². The van der Waals surface area contributed by atoms with Crippen molar-refractivity contribution in [3.05, 3.63) is 34.5 Å². The minimum atomic E-state index is -4.60. The zero-order valence-corrected chi connectivity index (χ0v) is 15.1. The van der Waals surface area contributed by atoms with Gasteiger partial charge in [-0.3, -0.25) is 4.79 Å². The number of carbonyl (C=O) groups excluding carboxylic acids is 1. The van der Waals surface area contributed by atoms with E-state index in [1.165, 1.54) is 14.2 Å². The van der Waals surface area contributed by atoms with Crippen molar-refractivity contribution in [3.63, 3.8) is 0 Å². The number of ether oxygens (including phenoxy) is 2. The molecule has 2 heterocycles. The zero-order valence-electron chi connectivity index (χ0n) is 14.3. The van der Waals surface area contributed by atoms with E-state index in [9.17, 15) is 18.0 Å². The fraction of sp³-hybridized carbons (Fsp3) is 0.375. The van der Waals surface area contributed by atoms with Crippen molar-refractivity contribution in [1.82, 2.24) is 9.78 Å². The Morgan fingerprint density at radius 2 is 2.00 bits per heavy atom. The molecule has 1 aliphatic rings. The average molecular weight is 405 g/mol. The summed E-state index contributed by atoms with van der Waals surface area (Å²) in [4.78, 5) is 11.4. The molecule has 146 valence electrons. The van der Waals surface area contributed by atoms with E-state index in [0.717, 1.165) is 0 Å². The summed E-state index contributed by atoms with van der Waals surface area (Å²) in [6.45, 7) is 0. The number of nitrogens with two attached hydrogens (primary N) is 1. The van der Waals surface area contributed by atoms with Crippen LogP contribution in [0.25, 0.3) is 0 Å². The molecule has 3 rings (SSSR count). The molecule has 0 fully saturated rings. The molecule has 2 aromatic rings. The summed E-state index contributed by atoms with van der Waals surface area (Å²) in [5.41, 5.74) is 5.28. The number of hydrogen-bond acceptors (Lipinski definition) is 5. The minimum absolute atomic E-state index is 0.112. The molecule has 0 saturated carbocycles. The molecule has 1 amide bonds. The third kappa shape index (κ3) is 3.36. The van der Waals surface area contributed by atoms with Crippen molar-refractivity contribution in [2.45, 2.75) is 24.7 Å². The lowest BCUT2D eigenvalue weighted by Crippen LogP contribution is -2.35. The molecular weight excluding hydrogens is 389 g/mol. The second-order valence-corrected chi connectivity index (χ2v) is 6.30. The van der Waals surface area contributed by atoms with Gasteiger partial charge in [-0.1, -0.05) is 17.7 Å². The number of alkyl halides is 3. The first-order valence-electron chi connectivity index (χ1n) is 7.80. The lowest BCUT2D eigenvalue weighted by molar-refractivity contribution is -0.173. The van der Waals surface area contributed by atoms with Crippen LogP contribution >= 0.6 is 11.6 Å². The SMILES string of the molecule is COc1ccc([C@H]2C[C@@H](C(F)(F)F)n3nc(C(N)=O)c(Cl)c3N2)cc1OC. The second-order valence-electron chi connectivity index (χ2n) is 5.92. The van der Waals surface area contributed by atoms with Crippen molar-refractivity contribution in [2.75, 3.05) is 19.5 Å². The van der Waals surface area contributed by atoms with Gasteiger partial charge in [-0.05, 0) is 17.7 Å². The van der Waals surface area contributed by atoms with Gasteiger partial charge in [-0.15, -0.1) is 0 Å². The van der Waals surface area contributed by atoms with E-state index >= 15 is 0 Å². The molecule has 1 aliphatic heterocycles. The van der Waals surface area contributed by atoms with Gasteiger partial charge in [0.25, 0.3) is 5.91 Å². The van der Waals surface area contributed by atoms with Crippen LogP contribution in [0.5, 0.6) is 11.5 Å². The van der Waals surface area contributed by atoms with Crippen molar-refractivity contribution in [3.8, 4) is 11.5 Å². The Kier molecular flexibility index (Phi) is 4.85. The number of hydrogen-bond donors (Lipinski definition) is 2. The van der Waals surface area contributed by atoms with Crippen molar-refractivity contribution in [1.29, 1.82) is 0 Å². The number of rotatable bonds is 4. The normalized spacial score (nSPS) is 19.2. The monoisotopic (exact) mass is 404 g/mol. The van der Waals surface area contributed by atoms with Crippen molar-refractivity contribution < 1.29 is 27.4 Å². The number of amides is 1. The number of fused-ring (bicyclic) bond motifs is 1. The molecule has 2 atom stereocenters. The average Bonchev–Trinajstić information content (AvgIpc) is 2.96. The summed E-state index contributed by atoms with van der Waals surface area (Å²) in [6, 6.07) is 2.08. The fourth-order valence-electron chi connectivity index (χ4n) is 3.04. The van der Waals surface area contributed by atoms with E-state index in [1.807, 2.05) is 0 Å². The van der Waals surface area contributed by atoms with Gasteiger partial charge in [0, 0.05) is 6.42 Å². The highest BCUT2D eigenvalue weighted by Gasteiger charge is 2.47. The maximum atomic E-state index is 13.6. The van der Waals surface area contributed by atoms with Crippen LogP contribution in [0.2, 0.25) is 5.02 Å². The Labute approximate surface area is 157 Å². The Balaban J connectivity index is 2.07. The molecule has 1 aromatic heterocycles. The van der Waals surface area contributed by atoms with E-state index in [4.69, 9.17) is 26.8 Å². The van der Waals surface area contributed by atoms with E-state index in [2.05, 4.69) is 10.4 Å². The highest BCUT2D eigenvalue weighted by molar-refractivity contribution is 6.36. The number of carbonyl (C=O) groups is 1. The number of anilines is 1. The van der Waals surface area contributed by atoms with Gasteiger partial charge < -0.3 is 20.5 Å². The third-order valence-corrected chi connectivity index (χ3v) is 4.70. The molecule has 11 heteroatoms. The Bertz CT molecular complexity index is 885. The van der Waals surface area contributed by atoms with Gasteiger partial charge in [0.2, 0.25) is 0 Å². The van der Waals surface area contributed by atoms with Crippen molar-refractivity contribution >= 4 is 23.3 Å². The molecule has 27 heavy (non-hydrogen) atoms. The molecule has 3 N–H and O–H groups in total. The molecule has 0 unspecified atom stereocenters. The van der Waals surface area contributed by atoms with Crippen LogP contribution in [0.1, 0.15) is 34.6 Å². The molecule has 7 nitrogen and oxygen atoms in total. The van der Waals surface area contributed by atoms with Crippen LogP contribution in [-0.2, 0) is 0 Å². The summed E-state index contributed by atoms with van der Waals surface area (Å²) in [7, 11) is 2.89. The van der Waals surface area contributed by atoms with Crippen LogP contribution in [-0.4, -0.2) is 36.1 Å². The van der Waals surface area contributed by atoms with Gasteiger partial charge >= 0.3 is 6.18 Å². The van der Waals surface area contributed by atoms with Gasteiger partial charge in [-0.2, -0.15) is 18.3 Å².